The molecule has 2 aromatic carbocycles. The number of benzene rings is 2. The first-order valence-corrected chi connectivity index (χ1v) is 9.85. The van der Waals surface area contributed by atoms with Crippen LogP contribution in [0.2, 0.25) is 0 Å². The lowest BCUT2D eigenvalue weighted by molar-refractivity contribution is -0.126. The molecule has 0 aliphatic rings. The Hall–Kier alpha value is -1.82. The minimum Gasteiger partial charge on any atom is -0.273 e. The van der Waals surface area contributed by atoms with Gasteiger partial charge in [-0.1, -0.05) is 36.4 Å². The molecule has 0 unspecified atom stereocenters. The summed E-state index contributed by atoms with van der Waals surface area (Å²) in [6, 6.07) is 15.3. The normalized spacial score (nSPS) is 11.0. The second kappa shape index (κ2) is 11.0. The number of hydrazone groups is 2. The molecular weight excluding hydrogens is 558 g/mol. The zero-order valence-electron chi connectivity index (χ0n) is 13.7. The molecule has 0 spiro atoms. The molecule has 2 amide bonds. The first-order valence-electron chi connectivity index (χ1n) is 7.69. The van der Waals surface area contributed by atoms with Crippen molar-refractivity contribution >= 4 is 69.4 Å². The number of nitrogens with zero attached hydrogens (tertiary/aromatic N) is 2. The highest BCUT2D eigenvalue weighted by Crippen LogP contribution is 2.09. The summed E-state index contributed by atoms with van der Waals surface area (Å²) in [6.07, 6.45) is 3.22. The fourth-order valence-corrected chi connectivity index (χ4v) is 2.90. The maximum Gasteiger partial charge on any atom is 0.240 e. The first kappa shape index (κ1) is 20.5. The molecule has 0 saturated carbocycles. The van der Waals surface area contributed by atoms with E-state index in [9.17, 15) is 9.59 Å². The van der Waals surface area contributed by atoms with E-state index in [1.54, 1.807) is 12.4 Å². The highest BCUT2D eigenvalue weighted by molar-refractivity contribution is 14.1. The molecule has 0 aromatic heterocycles. The number of hydrogen-bond donors (Lipinski definition) is 2. The minimum absolute atomic E-state index is 0.0352. The van der Waals surface area contributed by atoms with Crippen LogP contribution in [0.3, 0.4) is 0 Å². The smallest absolute Gasteiger partial charge is 0.240 e. The number of amides is 2. The predicted octanol–water partition coefficient (Wildman–Crippen LogP) is 3.28. The Kier molecular flexibility index (Phi) is 8.68. The summed E-state index contributed by atoms with van der Waals surface area (Å²) in [7, 11) is 0. The van der Waals surface area contributed by atoms with Gasteiger partial charge >= 0.3 is 0 Å². The summed E-state index contributed by atoms with van der Waals surface area (Å²) in [6.45, 7) is 0. The Morgan fingerprint density at radius 3 is 1.54 bits per heavy atom. The molecule has 0 bridgehead atoms. The van der Waals surface area contributed by atoms with Crippen LogP contribution in [0.15, 0.2) is 58.7 Å². The second-order valence-electron chi connectivity index (χ2n) is 5.13. The van der Waals surface area contributed by atoms with Crippen LogP contribution < -0.4 is 10.9 Å². The maximum atomic E-state index is 11.7. The summed E-state index contributed by atoms with van der Waals surface area (Å²) in [5.41, 5.74) is 6.65. The predicted molar refractivity (Wildman–Crippen MR) is 119 cm³/mol. The van der Waals surface area contributed by atoms with Crippen molar-refractivity contribution in [3.05, 3.63) is 66.8 Å². The van der Waals surface area contributed by atoms with Crippen molar-refractivity contribution < 1.29 is 9.59 Å². The van der Waals surface area contributed by atoms with Gasteiger partial charge < -0.3 is 0 Å². The molecule has 6 nitrogen and oxygen atoms in total. The third kappa shape index (κ3) is 7.20. The largest absolute Gasteiger partial charge is 0.273 e. The zero-order chi connectivity index (χ0) is 18.8. The lowest BCUT2D eigenvalue weighted by Crippen LogP contribution is -2.22. The first-order chi connectivity index (χ1) is 12.6. The van der Waals surface area contributed by atoms with Gasteiger partial charge in [-0.15, -0.1) is 0 Å². The average molecular weight is 574 g/mol. The van der Waals surface area contributed by atoms with Crippen molar-refractivity contribution in [3.8, 4) is 0 Å². The van der Waals surface area contributed by atoms with Gasteiger partial charge in [0.05, 0.1) is 12.4 Å². The summed E-state index contributed by atoms with van der Waals surface area (Å²) in [4.78, 5) is 23.4. The monoisotopic (exact) mass is 574 g/mol. The number of hydrogen-bond acceptors (Lipinski definition) is 4. The fourth-order valence-electron chi connectivity index (χ4n) is 1.85. The number of carbonyl (C=O) groups excluding carboxylic acids is 2. The van der Waals surface area contributed by atoms with Crippen molar-refractivity contribution in [1.29, 1.82) is 0 Å². The minimum atomic E-state index is -0.330. The zero-order valence-corrected chi connectivity index (χ0v) is 18.0. The highest BCUT2D eigenvalue weighted by atomic mass is 127. The van der Waals surface area contributed by atoms with Gasteiger partial charge in [0, 0.05) is 31.1 Å². The molecule has 134 valence electrons. The van der Waals surface area contributed by atoms with Crippen molar-refractivity contribution in [2.24, 2.45) is 10.2 Å². The van der Waals surface area contributed by atoms with E-state index in [0.29, 0.717) is 0 Å². The van der Waals surface area contributed by atoms with Gasteiger partial charge in [0.25, 0.3) is 0 Å². The van der Waals surface area contributed by atoms with E-state index in [4.69, 9.17) is 0 Å². The number of carbonyl (C=O) groups is 2. The van der Waals surface area contributed by atoms with E-state index in [0.717, 1.165) is 18.3 Å². The Balaban J connectivity index is 1.71. The average Bonchev–Trinajstić information content (AvgIpc) is 2.63. The van der Waals surface area contributed by atoms with Crippen LogP contribution in [0.25, 0.3) is 0 Å². The number of nitrogens with one attached hydrogen (secondary N) is 2. The molecule has 2 rings (SSSR count). The van der Waals surface area contributed by atoms with Gasteiger partial charge in [0.1, 0.15) is 0 Å². The van der Waals surface area contributed by atoms with Crippen molar-refractivity contribution in [2.75, 3.05) is 0 Å². The van der Waals surface area contributed by atoms with Crippen LogP contribution in [0, 0.1) is 7.14 Å². The van der Waals surface area contributed by atoms with E-state index in [1.165, 1.54) is 0 Å². The van der Waals surface area contributed by atoms with Gasteiger partial charge in [0.2, 0.25) is 11.8 Å². The van der Waals surface area contributed by atoms with Crippen LogP contribution in [-0.2, 0) is 9.59 Å². The van der Waals surface area contributed by atoms with E-state index < -0.39 is 0 Å². The fraction of sp³-hybridized carbons (Fsp3) is 0.111. The van der Waals surface area contributed by atoms with E-state index in [2.05, 4.69) is 66.2 Å². The van der Waals surface area contributed by atoms with E-state index >= 15 is 0 Å². The summed E-state index contributed by atoms with van der Waals surface area (Å²) in [5.74, 6) is -0.659. The van der Waals surface area contributed by atoms with Crippen LogP contribution >= 0.6 is 45.2 Å². The van der Waals surface area contributed by atoms with Crippen LogP contribution in [0.1, 0.15) is 24.0 Å². The SMILES string of the molecule is O=C(CCC(=O)N/N=C/c1ccccc1I)N/N=C/c1ccccc1I. The van der Waals surface area contributed by atoms with Gasteiger partial charge in [0.15, 0.2) is 0 Å². The van der Waals surface area contributed by atoms with E-state index in [-0.39, 0.29) is 24.7 Å². The molecule has 2 N–H and O–H groups in total. The Morgan fingerprint density at radius 1 is 0.769 bits per heavy atom. The van der Waals surface area contributed by atoms with Gasteiger partial charge in [-0.05, 0) is 57.3 Å². The van der Waals surface area contributed by atoms with Crippen molar-refractivity contribution in [3.63, 3.8) is 0 Å². The van der Waals surface area contributed by atoms with Crippen LogP contribution in [-0.4, -0.2) is 24.2 Å². The molecule has 8 heteroatoms. The third-order valence-corrected chi connectivity index (χ3v) is 5.14. The molecule has 0 radical (unpaired) electrons. The van der Waals surface area contributed by atoms with Crippen LogP contribution in [0.5, 0.6) is 0 Å². The molecule has 2 aromatic rings. The molecule has 0 heterocycles. The second-order valence-corrected chi connectivity index (χ2v) is 7.45. The Bertz CT molecular complexity index is 768. The molecular formula is C18H16I2N4O2. The molecule has 0 fully saturated rings. The molecule has 0 atom stereocenters. The van der Waals surface area contributed by atoms with Crippen molar-refractivity contribution in [2.45, 2.75) is 12.8 Å². The molecule has 0 aliphatic carbocycles. The Labute approximate surface area is 178 Å². The lowest BCUT2D eigenvalue weighted by Gasteiger charge is -2.01. The number of halogens is 2. The molecule has 0 saturated heterocycles. The van der Waals surface area contributed by atoms with Gasteiger partial charge in [-0.2, -0.15) is 10.2 Å². The maximum absolute atomic E-state index is 11.7. The summed E-state index contributed by atoms with van der Waals surface area (Å²) >= 11 is 4.38. The van der Waals surface area contributed by atoms with Gasteiger partial charge in [-0.25, -0.2) is 10.9 Å². The standard InChI is InChI=1S/C18H16I2N4O2/c19-15-7-3-1-5-13(15)11-21-23-17(25)9-10-18(26)24-22-12-14-6-2-4-8-16(14)20/h1-8,11-12H,9-10H2,(H,23,25)(H,24,26)/b21-11+,22-12+. The summed E-state index contributed by atoms with van der Waals surface area (Å²) in [5, 5.41) is 7.80. The molecule has 26 heavy (non-hydrogen) atoms. The number of rotatable bonds is 7. The molecule has 0 aliphatic heterocycles. The van der Waals surface area contributed by atoms with E-state index in [1.807, 2.05) is 48.5 Å². The topological polar surface area (TPSA) is 82.9 Å². The quantitative estimate of drug-likeness (QED) is 0.303. The Morgan fingerprint density at radius 2 is 1.15 bits per heavy atom. The van der Waals surface area contributed by atoms with Crippen molar-refractivity contribution in [1.82, 2.24) is 10.9 Å². The lowest BCUT2D eigenvalue weighted by atomic mass is 10.2. The van der Waals surface area contributed by atoms with Crippen LogP contribution in [0.4, 0.5) is 0 Å². The third-order valence-electron chi connectivity index (χ3n) is 3.18. The highest BCUT2D eigenvalue weighted by Gasteiger charge is 2.05. The summed E-state index contributed by atoms with van der Waals surface area (Å²) < 4.78 is 2.07. The van der Waals surface area contributed by atoms with Gasteiger partial charge in [-0.3, -0.25) is 9.59 Å².